The fourth-order valence-corrected chi connectivity index (χ4v) is 2.57. The molecule has 2 aromatic carbocycles. The number of hydrogen-bond donors (Lipinski definition) is 1. The van der Waals surface area contributed by atoms with Gasteiger partial charge >= 0.3 is 0 Å². The Labute approximate surface area is 119 Å². The highest BCUT2D eigenvalue weighted by molar-refractivity contribution is 5.98. The van der Waals surface area contributed by atoms with E-state index in [2.05, 4.69) is 47.5 Å². The Balaban J connectivity index is 2.10. The molecule has 0 atom stereocenters. The highest BCUT2D eigenvalue weighted by Crippen LogP contribution is 2.36. The fraction of sp³-hybridized carbons (Fsp3) is 0.235. The first-order valence-electron chi connectivity index (χ1n) is 6.89. The zero-order valence-corrected chi connectivity index (χ0v) is 11.8. The zero-order chi connectivity index (χ0) is 14.1. The van der Waals surface area contributed by atoms with E-state index in [-0.39, 0.29) is 5.91 Å². The van der Waals surface area contributed by atoms with Crippen molar-refractivity contribution >= 4 is 23.0 Å². The van der Waals surface area contributed by atoms with E-state index >= 15 is 0 Å². The zero-order valence-electron chi connectivity index (χ0n) is 11.8. The molecule has 3 rings (SSSR count). The van der Waals surface area contributed by atoms with Gasteiger partial charge in [0, 0.05) is 18.7 Å². The van der Waals surface area contributed by atoms with E-state index in [4.69, 9.17) is 0 Å². The second-order valence-corrected chi connectivity index (χ2v) is 5.25. The molecule has 0 spiro atoms. The van der Waals surface area contributed by atoms with Crippen LogP contribution in [-0.2, 0) is 4.79 Å². The molecule has 0 fully saturated rings. The maximum absolute atomic E-state index is 11.9. The van der Waals surface area contributed by atoms with Crippen LogP contribution in [0.2, 0.25) is 0 Å². The molecular weight excluding hydrogens is 248 g/mol. The highest BCUT2D eigenvalue weighted by atomic mass is 16.1. The molecule has 0 saturated carbocycles. The minimum absolute atomic E-state index is 0.0789. The number of fused-ring (bicyclic) bond motifs is 1. The third-order valence-electron chi connectivity index (χ3n) is 3.71. The van der Waals surface area contributed by atoms with Crippen LogP contribution in [0.25, 0.3) is 0 Å². The molecule has 2 aromatic rings. The van der Waals surface area contributed by atoms with Gasteiger partial charge in [-0.15, -0.1) is 0 Å². The van der Waals surface area contributed by atoms with Crippen molar-refractivity contribution in [1.29, 1.82) is 0 Å². The standard InChI is InChI=1S/C17H18N2O/c1-12-6-8-14(9-7-12)19-11-10-16(20)18-17-13(2)4-3-5-15(17)19/h3-9H,10-11H2,1-2H3,(H,18,20). The first-order chi connectivity index (χ1) is 9.65. The second-order valence-electron chi connectivity index (χ2n) is 5.25. The minimum Gasteiger partial charge on any atom is -0.339 e. The summed E-state index contributed by atoms with van der Waals surface area (Å²) in [6.07, 6.45) is 0.502. The van der Waals surface area contributed by atoms with E-state index in [0.29, 0.717) is 13.0 Å². The average Bonchev–Trinajstić information content (AvgIpc) is 2.60. The Hall–Kier alpha value is -2.29. The Bertz CT molecular complexity index is 647. The Morgan fingerprint density at radius 1 is 1.05 bits per heavy atom. The third kappa shape index (κ3) is 2.27. The monoisotopic (exact) mass is 266 g/mol. The maximum Gasteiger partial charge on any atom is 0.226 e. The van der Waals surface area contributed by atoms with Crippen LogP contribution in [0.15, 0.2) is 42.5 Å². The third-order valence-corrected chi connectivity index (χ3v) is 3.71. The number of amides is 1. The van der Waals surface area contributed by atoms with Crippen molar-refractivity contribution in [3.63, 3.8) is 0 Å². The summed E-state index contributed by atoms with van der Waals surface area (Å²) in [5.41, 5.74) is 5.45. The topological polar surface area (TPSA) is 32.3 Å². The SMILES string of the molecule is Cc1ccc(N2CCC(=O)Nc3c(C)cccc32)cc1. The average molecular weight is 266 g/mol. The first kappa shape index (κ1) is 12.7. The second kappa shape index (κ2) is 5.00. The van der Waals surface area contributed by atoms with Gasteiger partial charge in [0.25, 0.3) is 0 Å². The van der Waals surface area contributed by atoms with Crippen molar-refractivity contribution in [2.24, 2.45) is 0 Å². The van der Waals surface area contributed by atoms with Crippen molar-refractivity contribution in [3.8, 4) is 0 Å². The number of para-hydroxylation sites is 1. The summed E-state index contributed by atoms with van der Waals surface area (Å²) in [7, 11) is 0. The van der Waals surface area contributed by atoms with Crippen LogP contribution >= 0.6 is 0 Å². The molecule has 0 unspecified atom stereocenters. The lowest BCUT2D eigenvalue weighted by atomic mass is 10.1. The molecule has 3 nitrogen and oxygen atoms in total. The first-order valence-corrected chi connectivity index (χ1v) is 6.89. The van der Waals surface area contributed by atoms with Crippen LogP contribution in [-0.4, -0.2) is 12.5 Å². The van der Waals surface area contributed by atoms with Crippen LogP contribution in [0.3, 0.4) is 0 Å². The van der Waals surface area contributed by atoms with E-state index in [1.165, 1.54) is 5.56 Å². The molecule has 1 amide bonds. The molecule has 1 aliphatic rings. The summed E-state index contributed by atoms with van der Waals surface area (Å²) in [5, 5.41) is 3.02. The van der Waals surface area contributed by atoms with Crippen LogP contribution in [0.4, 0.5) is 17.1 Å². The van der Waals surface area contributed by atoms with Gasteiger partial charge in [-0.1, -0.05) is 29.8 Å². The lowest BCUT2D eigenvalue weighted by molar-refractivity contribution is -0.115. The van der Waals surface area contributed by atoms with Gasteiger partial charge in [0.1, 0.15) is 0 Å². The van der Waals surface area contributed by atoms with Crippen LogP contribution in [0.5, 0.6) is 0 Å². The van der Waals surface area contributed by atoms with Crippen molar-refractivity contribution in [3.05, 3.63) is 53.6 Å². The number of hydrogen-bond acceptors (Lipinski definition) is 2. The van der Waals surface area contributed by atoms with E-state index in [1.54, 1.807) is 0 Å². The maximum atomic E-state index is 11.9. The number of carbonyl (C=O) groups is 1. The van der Waals surface area contributed by atoms with E-state index in [1.807, 2.05) is 19.1 Å². The molecular formula is C17H18N2O. The number of anilines is 3. The Kier molecular flexibility index (Phi) is 3.18. The van der Waals surface area contributed by atoms with Gasteiger partial charge in [-0.25, -0.2) is 0 Å². The van der Waals surface area contributed by atoms with E-state index in [9.17, 15) is 4.79 Å². The lowest BCUT2D eigenvalue weighted by Crippen LogP contribution is -2.18. The quantitative estimate of drug-likeness (QED) is 0.851. The molecule has 1 heterocycles. The smallest absolute Gasteiger partial charge is 0.226 e. The summed E-state index contributed by atoms with van der Waals surface area (Å²) in [6.45, 7) is 4.80. The molecule has 0 aromatic heterocycles. The predicted molar refractivity (Wildman–Crippen MR) is 82.6 cm³/mol. The van der Waals surface area contributed by atoms with Gasteiger partial charge in [0.2, 0.25) is 5.91 Å². The Morgan fingerprint density at radius 2 is 1.80 bits per heavy atom. The number of benzene rings is 2. The number of rotatable bonds is 1. The summed E-state index contributed by atoms with van der Waals surface area (Å²) in [6, 6.07) is 14.5. The molecule has 0 radical (unpaired) electrons. The van der Waals surface area contributed by atoms with Crippen molar-refractivity contribution in [2.75, 3.05) is 16.8 Å². The number of aryl methyl sites for hydroxylation is 2. The number of carbonyl (C=O) groups excluding carboxylic acids is 1. The van der Waals surface area contributed by atoms with Crippen molar-refractivity contribution in [2.45, 2.75) is 20.3 Å². The van der Waals surface area contributed by atoms with Gasteiger partial charge in [0.15, 0.2) is 0 Å². The molecule has 1 N–H and O–H groups in total. The van der Waals surface area contributed by atoms with Gasteiger partial charge in [-0.3, -0.25) is 4.79 Å². The summed E-state index contributed by atoms with van der Waals surface area (Å²) >= 11 is 0. The summed E-state index contributed by atoms with van der Waals surface area (Å²) in [4.78, 5) is 14.1. The van der Waals surface area contributed by atoms with Crippen LogP contribution in [0, 0.1) is 13.8 Å². The summed E-state index contributed by atoms with van der Waals surface area (Å²) in [5.74, 6) is 0.0789. The van der Waals surface area contributed by atoms with Crippen LogP contribution in [0.1, 0.15) is 17.5 Å². The number of nitrogens with one attached hydrogen (secondary N) is 1. The van der Waals surface area contributed by atoms with E-state index in [0.717, 1.165) is 22.6 Å². The van der Waals surface area contributed by atoms with Crippen molar-refractivity contribution < 1.29 is 4.79 Å². The molecule has 20 heavy (non-hydrogen) atoms. The molecule has 0 bridgehead atoms. The van der Waals surface area contributed by atoms with E-state index < -0.39 is 0 Å². The largest absolute Gasteiger partial charge is 0.339 e. The highest BCUT2D eigenvalue weighted by Gasteiger charge is 2.21. The lowest BCUT2D eigenvalue weighted by Gasteiger charge is -2.25. The molecule has 1 aliphatic heterocycles. The Morgan fingerprint density at radius 3 is 2.55 bits per heavy atom. The molecule has 102 valence electrons. The summed E-state index contributed by atoms with van der Waals surface area (Å²) < 4.78 is 0. The van der Waals surface area contributed by atoms with Crippen molar-refractivity contribution in [1.82, 2.24) is 0 Å². The van der Waals surface area contributed by atoms with Crippen LogP contribution < -0.4 is 10.2 Å². The normalized spacial score (nSPS) is 14.5. The van der Waals surface area contributed by atoms with Gasteiger partial charge in [0.05, 0.1) is 11.4 Å². The predicted octanol–water partition coefficient (Wildman–Crippen LogP) is 3.78. The molecule has 3 heteroatoms. The number of nitrogens with zero attached hydrogens (tertiary/aromatic N) is 1. The fourth-order valence-electron chi connectivity index (χ4n) is 2.57. The minimum atomic E-state index is 0.0789. The van der Waals surface area contributed by atoms with Gasteiger partial charge in [-0.05, 0) is 37.6 Å². The molecule has 0 aliphatic carbocycles. The molecule has 0 saturated heterocycles. The van der Waals surface area contributed by atoms with Gasteiger partial charge in [-0.2, -0.15) is 0 Å². The van der Waals surface area contributed by atoms with Gasteiger partial charge < -0.3 is 10.2 Å².